The van der Waals surface area contributed by atoms with Crippen LogP contribution in [-0.2, 0) is 11.3 Å². The van der Waals surface area contributed by atoms with Crippen LogP contribution in [0.5, 0.6) is 0 Å². The van der Waals surface area contributed by atoms with E-state index >= 15 is 0 Å². The van der Waals surface area contributed by atoms with E-state index < -0.39 is 0 Å². The summed E-state index contributed by atoms with van der Waals surface area (Å²) >= 11 is 0. The van der Waals surface area contributed by atoms with Crippen LogP contribution in [0.3, 0.4) is 0 Å². The Hall–Kier alpha value is -2.14. The molecule has 20 heavy (non-hydrogen) atoms. The molecule has 0 bridgehead atoms. The van der Waals surface area contributed by atoms with Gasteiger partial charge in [-0.15, -0.1) is 0 Å². The highest BCUT2D eigenvalue weighted by molar-refractivity contribution is 5.92. The standard InChI is InChI=1S/C15H20N4O/c1-12(5-6-16)15(20)18-14-4-2-3-13(9-14)10-19-8-7-17-11-19/h2-4,7-9,11-12H,5-6,10,16H2,1H3,(H,18,20). The van der Waals surface area contributed by atoms with Gasteiger partial charge in [0, 0.05) is 30.5 Å². The van der Waals surface area contributed by atoms with Crippen molar-refractivity contribution in [2.24, 2.45) is 11.7 Å². The number of amides is 1. The first kappa shape index (κ1) is 14.3. The van der Waals surface area contributed by atoms with E-state index in [4.69, 9.17) is 5.73 Å². The number of nitrogens with two attached hydrogens (primary N) is 1. The van der Waals surface area contributed by atoms with Gasteiger partial charge in [0.15, 0.2) is 0 Å². The molecular formula is C15H20N4O. The van der Waals surface area contributed by atoms with Gasteiger partial charge in [-0.25, -0.2) is 4.98 Å². The first-order valence-electron chi connectivity index (χ1n) is 6.74. The van der Waals surface area contributed by atoms with E-state index in [1.807, 2.05) is 42.0 Å². The quantitative estimate of drug-likeness (QED) is 0.843. The highest BCUT2D eigenvalue weighted by Crippen LogP contribution is 2.14. The topological polar surface area (TPSA) is 72.9 Å². The van der Waals surface area contributed by atoms with Gasteiger partial charge in [-0.3, -0.25) is 4.79 Å². The minimum absolute atomic E-state index is 0.00947. The summed E-state index contributed by atoms with van der Waals surface area (Å²) in [6.45, 7) is 3.15. The van der Waals surface area contributed by atoms with Crippen molar-refractivity contribution in [2.75, 3.05) is 11.9 Å². The van der Waals surface area contributed by atoms with Crippen LogP contribution in [0, 0.1) is 5.92 Å². The second-order valence-electron chi connectivity index (χ2n) is 4.90. The van der Waals surface area contributed by atoms with Crippen LogP contribution in [0.25, 0.3) is 0 Å². The van der Waals surface area contributed by atoms with Crippen LogP contribution < -0.4 is 11.1 Å². The molecule has 0 fully saturated rings. The molecule has 106 valence electrons. The summed E-state index contributed by atoms with van der Waals surface area (Å²) in [4.78, 5) is 16.0. The summed E-state index contributed by atoms with van der Waals surface area (Å²) in [7, 11) is 0. The zero-order chi connectivity index (χ0) is 14.4. The molecular weight excluding hydrogens is 252 g/mol. The van der Waals surface area contributed by atoms with Gasteiger partial charge in [0.05, 0.1) is 6.33 Å². The number of nitrogens with one attached hydrogen (secondary N) is 1. The minimum Gasteiger partial charge on any atom is -0.333 e. The summed E-state index contributed by atoms with van der Waals surface area (Å²) in [5, 5.41) is 2.93. The fraction of sp³-hybridized carbons (Fsp3) is 0.333. The number of anilines is 1. The number of hydrogen-bond acceptors (Lipinski definition) is 3. The van der Waals surface area contributed by atoms with Gasteiger partial charge in [0.25, 0.3) is 0 Å². The maximum absolute atomic E-state index is 11.9. The lowest BCUT2D eigenvalue weighted by Crippen LogP contribution is -2.22. The molecule has 1 aromatic carbocycles. The Balaban J connectivity index is 2.00. The van der Waals surface area contributed by atoms with Crippen molar-refractivity contribution in [2.45, 2.75) is 19.9 Å². The van der Waals surface area contributed by atoms with E-state index in [9.17, 15) is 4.79 Å². The first-order chi connectivity index (χ1) is 9.69. The van der Waals surface area contributed by atoms with E-state index in [1.54, 1.807) is 12.5 Å². The molecule has 1 heterocycles. The normalized spacial score (nSPS) is 12.1. The van der Waals surface area contributed by atoms with Crippen molar-refractivity contribution in [1.29, 1.82) is 0 Å². The lowest BCUT2D eigenvalue weighted by Gasteiger charge is -2.12. The zero-order valence-electron chi connectivity index (χ0n) is 11.6. The highest BCUT2D eigenvalue weighted by Gasteiger charge is 2.11. The van der Waals surface area contributed by atoms with Gasteiger partial charge < -0.3 is 15.6 Å². The van der Waals surface area contributed by atoms with Crippen molar-refractivity contribution in [3.63, 3.8) is 0 Å². The molecule has 0 aliphatic heterocycles. The number of carbonyl (C=O) groups excluding carboxylic acids is 1. The molecule has 5 heteroatoms. The van der Waals surface area contributed by atoms with Gasteiger partial charge in [-0.05, 0) is 30.7 Å². The largest absolute Gasteiger partial charge is 0.333 e. The van der Waals surface area contributed by atoms with Gasteiger partial charge in [0.1, 0.15) is 0 Å². The van der Waals surface area contributed by atoms with Gasteiger partial charge in [-0.2, -0.15) is 0 Å². The number of hydrogen-bond donors (Lipinski definition) is 2. The Morgan fingerprint density at radius 2 is 2.35 bits per heavy atom. The molecule has 3 N–H and O–H groups in total. The molecule has 0 aliphatic rings. The molecule has 2 aromatic rings. The Morgan fingerprint density at radius 3 is 3.05 bits per heavy atom. The molecule has 0 radical (unpaired) electrons. The van der Waals surface area contributed by atoms with E-state index in [0.717, 1.165) is 17.8 Å². The molecule has 5 nitrogen and oxygen atoms in total. The monoisotopic (exact) mass is 272 g/mol. The number of benzene rings is 1. The number of aromatic nitrogens is 2. The molecule has 0 saturated heterocycles. The van der Waals surface area contributed by atoms with Crippen molar-refractivity contribution in [1.82, 2.24) is 9.55 Å². The lowest BCUT2D eigenvalue weighted by atomic mass is 10.1. The predicted octanol–water partition coefficient (Wildman–Crippen LogP) is 1.85. The summed E-state index contributed by atoms with van der Waals surface area (Å²) in [6, 6.07) is 7.84. The summed E-state index contributed by atoms with van der Waals surface area (Å²) < 4.78 is 1.98. The predicted molar refractivity (Wildman–Crippen MR) is 79.2 cm³/mol. The molecule has 2 rings (SSSR count). The number of carbonyl (C=O) groups is 1. The lowest BCUT2D eigenvalue weighted by molar-refractivity contribution is -0.119. The Kier molecular flexibility index (Phi) is 4.90. The van der Waals surface area contributed by atoms with Crippen LogP contribution >= 0.6 is 0 Å². The van der Waals surface area contributed by atoms with Gasteiger partial charge in [0.2, 0.25) is 5.91 Å². The Bertz CT molecular complexity index is 551. The average Bonchev–Trinajstić information content (AvgIpc) is 2.92. The van der Waals surface area contributed by atoms with E-state index in [1.165, 1.54) is 0 Å². The SMILES string of the molecule is CC(CCN)C(=O)Nc1cccc(Cn2ccnc2)c1. The third-order valence-electron chi connectivity index (χ3n) is 3.17. The second kappa shape index (κ2) is 6.86. The zero-order valence-corrected chi connectivity index (χ0v) is 11.6. The fourth-order valence-corrected chi connectivity index (χ4v) is 1.99. The fourth-order valence-electron chi connectivity index (χ4n) is 1.99. The smallest absolute Gasteiger partial charge is 0.227 e. The van der Waals surface area contributed by atoms with Crippen LogP contribution in [0.2, 0.25) is 0 Å². The van der Waals surface area contributed by atoms with Crippen LogP contribution in [-0.4, -0.2) is 22.0 Å². The molecule has 0 spiro atoms. The second-order valence-corrected chi connectivity index (χ2v) is 4.90. The number of rotatable bonds is 6. The van der Waals surface area contributed by atoms with E-state index in [0.29, 0.717) is 13.0 Å². The van der Waals surface area contributed by atoms with Gasteiger partial charge in [-0.1, -0.05) is 19.1 Å². The number of nitrogens with zero attached hydrogens (tertiary/aromatic N) is 2. The Morgan fingerprint density at radius 1 is 1.50 bits per heavy atom. The van der Waals surface area contributed by atoms with Crippen molar-refractivity contribution < 1.29 is 4.79 Å². The molecule has 1 aromatic heterocycles. The van der Waals surface area contributed by atoms with Crippen molar-refractivity contribution in [3.05, 3.63) is 48.5 Å². The molecule has 0 aliphatic carbocycles. The summed E-state index contributed by atoms with van der Waals surface area (Å²) in [6.07, 6.45) is 6.13. The molecule has 0 saturated carbocycles. The summed E-state index contributed by atoms with van der Waals surface area (Å²) in [5.41, 5.74) is 7.41. The van der Waals surface area contributed by atoms with Crippen molar-refractivity contribution >= 4 is 11.6 Å². The van der Waals surface area contributed by atoms with E-state index in [2.05, 4.69) is 10.3 Å². The van der Waals surface area contributed by atoms with E-state index in [-0.39, 0.29) is 11.8 Å². The third kappa shape index (κ3) is 3.93. The van der Waals surface area contributed by atoms with Crippen LogP contribution in [0.15, 0.2) is 43.0 Å². The van der Waals surface area contributed by atoms with Crippen LogP contribution in [0.1, 0.15) is 18.9 Å². The molecule has 1 amide bonds. The third-order valence-corrected chi connectivity index (χ3v) is 3.17. The van der Waals surface area contributed by atoms with Crippen LogP contribution in [0.4, 0.5) is 5.69 Å². The number of imidazole rings is 1. The highest BCUT2D eigenvalue weighted by atomic mass is 16.1. The molecule has 1 unspecified atom stereocenters. The maximum atomic E-state index is 11.9. The Labute approximate surface area is 118 Å². The summed E-state index contributed by atoms with van der Waals surface area (Å²) in [5.74, 6) is -0.0625. The van der Waals surface area contributed by atoms with Crippen molar-refractivity contribution in [3.8, 4) is 0 Å². The van der Waals surface area contributed by atoms with Gasteiger partial charge >= 0.3 is 0 Å². The first-order valence-corrected chi connectivity index (χ1v) is 6.74. The molecule has 1 atom stereocenters. The average molecular weight is 272 g/mol. The maximum Gasteiger partial charge on any atom is 0.227 e. The minimum atomic E-state index is -0.0719.